The van der Waals surface area contributed by atoms with Crippen LogP contribution in [-0.4, -0.2) is 20.2 Å². The number of hydrogen-bond acceptors (Lipinski definition) is 4. The Labute approximate surface area is 94.4 Å². The van der Waals surface area contributed by atoms with Crippen molar-refractivity contribution >= 4 is 5.97 Å². The van der Waals surface area contributed by atoms with Crippen LogP contribution < -0.4 is 0 Å². The summed E-state index contributed by atoms with van der Waals surface area (Å²) in [6, 6.07) is 6.94. The van der Waals surface area contributed by atoms with E-state index in [1.807, 2.05) is 0 Å². The van der Waals surface area contributed by atoms with E-state index in [4.69, 9.17) is 9.47 Å². The lowest BCUT2D eigenvalue weighted by Crippen LogP contribution is -2.05. The van der Waals surface area contributed by atoms with E-state index < -0.39 is 5.97 Å². The van der Waals surface area contributed by atoms with Crippen molar-refractivity contribution in [3.63, 3.8) is 0 Å². The van der Waals surface area contributed by atoms with Crippen LogP contribution in [-0.2, 0) is 20.8 Å². The van der Waals surface area contributed by atoms with Gasteiger partial charge in [0.05, 0.1) is 19.3 Å². The molecule has 0 spiro atoms. The summed E-state index contributed by atoms with van der Waals surface area (Å²) < 4.78 is 14.4. The Hall–Kier alpha value is -1.81. The van der Waals surface area contributed by atoms with Crippen molar-refractivity contribution in [1.82, 2.24) is 0 Å². The quantitative estimate of drug-likeness (QED) is 0.565. The fourth-order valence-corrected chi connectivity index (χ4v) is 1.11. The minimum Gasteiger partial charge on any atom is -0.469 e. The Morgan fingerprint density at radius 2 is 1.88 bits per heavy atom. The van der Waals surface area contributed by atoms with Gasteiger partial charge in [-0.1, -0.05) is 12.1 Å². The fourth-order valence-electron chi connectivity index (χ4n) is 1.11. The third kappa shape index (κ3) is 3.40. The molecule has 0 radical (unpaired) electrons. The van der Waals surface area contributed by atoms with Gasteiger partial charge in [-0.05, 0) is 24.3 Å². The maximum atomic E-state index is 11.5. The number of methoxy groups -OCH3 is 2. The summed E-state index contributed by atoms with van der Waals surface area (Å²) in [5, 5.41) is 0. The van der Waals surface area contributed by atoms with Crippen LogP contribution in [0.2, 0.25) is 0 Å². The average Bonchev–Trinajstić information content (AvgIpc) is 2.30. The van der Waals surface area contributed by atoms with Crippen LogP contribution >= 0.6 is 0 Å². The van der Waals surface area contributed by atoms with Gasteiger partial charge in [0.25, 0.3) is 5.95 Å². The Morgan fingerprint density at radius 1 is 1.25 bits per heavy atom. The van der Waals surface area contributed by atoms with Crippen LogP contribution in [0.4, 0.5) is 0 Å². The van der Waals surface area contributed by atoms with Crippen molar-refractivity contribution in [2.75, 3.05) is 14.2 Å². The van der Waals surface area contributed by atoms with Gasteiger partial charge in [-0.25, -0.2) is 4.79 Å². The first kappa shape index (κ1) is 12.3. The van der Waals surface area contributed by atoms with Gasteiger partial charge in [-0.2, -0.15) is 0 Å². The topological polar surface area (TPSA) is 44.8 Å². The zero-order valence-electron chi connectivity index (χ0n) is 9.36. The highest BCUT2D eigenvalue weighted by atomic mass is 16.7. The number of hydrogen-bond donors (Lipinski definition) is 0. The number of benzene rings is 1. The molecular weight excluding hydrogens is 208 g/mol. The summed E-state index contributed by atoms with van der Waals surface area (Å²) in [4.78, 5) is 11.5. The molecule has 1 aromatic carbocycles. The SMILES string of the molecule is C=C(OC)OC(=O)c1ccc(COC)cc1. The second-order valence-electron chi connectivity index (χ2n) is 3.10. The lowest BCUT2D eigenvalue weighted by molar-refractivity contribution is 0.0369. The van der Waals surface area contributed by atoms with Gasteiger partial charge in [0, 0.05) is 7.11 Å². The van der Waals surface area contributed by atoms with Gasteiger partial charge in [0.2, 0.25) is 0 Å². The van der Waals surface area contributed by atoms with E-state index in [1.54, 1.807) is 31.4 Å². The first-order valence-electron chi connectivity index (χ1n) is 4.70. The smallest absolute Gasteiger partial charge is 0.345 e. The Kier molecular flexibility index (Phi) is 4.54. The lowest BCUT2D eigenvalue weighted by atomic mass is 10.1. The summed E-state index contributed by atoms with van der Waals surface area (Å²) in [7, 11) is 3.00. The molecule has 86 valence electrons. The van der Waals surface area contributed by atoms with Crippen molar-refractivity contribution in [1.29, 1.82) is 0 Å². The van der Waals surface area contributed by atoms with Crippen molar-refractivity contribution in [2.45, 2.75) is 6.61 Å². The number of carbonyl (C=O) groups excluding carboxylic acids is 1. The van der Waals surface area contributed by atoms with Crippen molar-refractivity contribution in [3.8, 4) is 0 Å². The van der Waals surface area contributed by atoms with E-state index >= 15 is 0 Å². The third-order valence-electron chi connectivity index (χ3n) is 1.93. The zero-order valence-corrected chi connectivity index (χ0v) is 9.36. The number of ether oxygens (including phenoxy) is 3. The third-order valence-corrected chi connectivity index (χ3v) is 1.93. The highest BCUT2D eigenvalue weighted by Gasteiger charge is 2.08. The van der Waals surface area contributed by atoms with Crippen molar-refractivity contribution in [3.05, 3.63) is 47.9 Å². The molecule has 0 amide bonds. The lowest BCUT2D eigenvalue weighted by Gasteiger charge is -2.05. The molecule has 16 heavy (non-hydrogen) atoms. The molecule has 4 nitrogen and oxygen atoms in total. The van der Waals surface area contributed by atoms with E-state index in [-0.39, 0.29) is 5.95 Å². The van der Waals surface area contributed by atoms with E-state index in [0.717, 1.165) is 5.56 Å². The van der Waals surface area contributed by atoms with Crippen molar-refractivity contribution < 1.29 is 19.0 Å². The predicted molar refractivity (Wildman–Crippen MR) is 58.7 cm³/mol. The molecule has 0 N–H and O–H groups in total. The van der Waals surface area contributed by atoms with Gasteiger partial charge in [0.1, 0.15) is 0 Å². The first-order chi connectivity index (χ1) is 7.67. The Bertz CT molecular complexity index is 367. The van der Waals surface area contributed by atoms with Crippen LogP contribution in [0.15, 0.2) is 36.8 Å². The summed E-state index contributed by atoms with van der Waals surface area (Å²) in [5.74, 6) is -0.512. The summed E-state index contributed by atoms with van der Waals surface area (Å²) in [6.07, 6.45) is 0. The molecule has 0 aromatic heterocycles. The maximum Gasteiger partial charge on any atom is 0.345 e. The molecule has 1 aromatic rings. The van der Waals surface area contributed by atoms with E-state index in [9.17, 15) is 4.79 Å². The van der Waals surface area contributed by atoms with E-state index in [0.29, 0.717) is 12.2 Å². The highest BCUT2D eigenvalue weighted by Crippen LogP contribution is 2.08. The monoisotopic (exact) mass is 222 g/mol. The minimum atomic E-state index is -0.490. The zero-order chi connectivity index (χ0) is 12.0. The number of rotatable bonds is 5. The first-order valence-corrected chi connectivity index (χ1v) is 4.70. The molecule has 0 bridgehead atoms. The van der Waals surface area contributed by atoms with Crippen LogP contribution in [0.3, 0.4) is 0 Å². The van der Waals surface area contributed by atoms with E-state index in [1.165, 1.54) is 7.11 Å². The van der Waals surface area contributed by atoms with Crippen molar-refractivity contribution in [2.24, 2.45) is 0 Å². The molecule has 0 atom stereocenters. The molecule has 0 aliphatic rings. The molecule has 4 heteroatoms. The Morgan fingerprint density at radius 3 is 2.38 bits per heavy atom. The Balaban J connectivity index is 2.66. The molecule has 0 aliphatic carbocycles. The number of carbonyl (C=O) groups is 1. The standard InChI is InChI=1S/C12H14O4/c1-9(15-3)16-12(13)11-6-4-10(5-7-11)8-14-2/h4-7H,1,8H2,2-3H3. The molecule has 0 aliphatic heterocycles. The van der Waals surface area contributed by atoms with Gasteiger partial charge in [-0.3, -0.25) is 0 Å². The maximum absolute atomic E-state index is 11.5. The largest absolute Gasteiger partial charge is 0.469 e. The van der Waals surface area contributed by atoms with Gasteiger partial charge in [0.15, 0.2) is 0 Å². The predicted octanol–water partition coefficient (Wildman–Crippen LogP) is 2.11. The second-order valence-corrected chi connectivity index (χ2v) is 3.10. The van der Waals surface area contributed by atoms with Crippen LogP contribution in [0.25, 0.3) is 0 Å². The van der Waals surface area contributed by atoms with E-state index in [2.05, 4.69) is 11.3 Å². The van der Waals surface area contributed by atoms with Gasteiger partial charge >= 0.3 is 5.97 Å². The molecule has 0 heterocycles. The summed E-state index contributed by atoms with van der Waals surface area (Å²) in [5.41, 5.74) is 1.43. The van der Waals surface area contributed by atoms with Crippen LogP contribution in [0.5, 0.6) is 0 Å². The van der Waals surface area contributed by atoms with Gasteiger partial charge < -0.3 is 14.2 Å². The molecule has 0 fully saturated rings. The molecule has 0 saturated carbocycles. The molecule has 0 saturated heterocycles. The average molecular weight is 222 g/mol. The minimum absolute atomic E-state index is 0.0223. The summed E-state index contributed by atoms with van der Waals surface area (Å²) >= 11 is 0. The highest BCUT2D eigenvalue weighted by molar-refractivity contribution is 5.89. The second kappa shape index (κ2) is 5.92. The molecule has 1 rings (SSSR count). The molecule has 0 unspecified atom stereocenters. The number of esters is 1. The normalized spacial score (nSPS) is 9.62. The summed E-state index contributed by atoms with van der Waals surface area (Å²) in [6.45, 7) is 3.91. The van der Waals surface area contributed by atoms with Gasteiger partial charge in [-0.15, -0.1) is 0 Å². The molecular formula is C12H14O4. The van der Waals surface area contributed by atoms with Crippen LogP contribution in [0, 0.1) is 0 Å². The fraction of sp³-hybridized carbons (Fsp3) is 0.250. The van der Waals surface area contributed by atoms with Crippen LogP contribution in [0.1, 0.15) is 15.9 Å².